The van der Waals surface area contributed by atoms with Crippen molar-refractivity contribution in [3.05, 3.63) is 96.1 Å². The number of nitrogen functional groups attached to an aromatic ring is 1. The molecular formula is C30H35N3O5. The van der Waals surface area contributed by atoms with Crippen molar-refractivity contribution < 1.29 is 24.2 Å². The van der Waals surface area contributed by atoms with E-state index in [9.17, 15) is 9.59 Å². The van der Waals surface area contributed by atoms with Crippen LogP contribution in [-0.4, -0.2) is 30.3 Å². The van der Waals surface area contributed by atoms with Crippen LogP contribution in [0.4, 0.5) is 21.9 Å². The summed E-state index contributed by atoms with van der Waals surface area (Å²) in [6, 6.07) is 21.8. The summed E-state index contributed by atoms with van der Waals surface area (Å²) in [5.74, 6) is 0.229. The third kappa shape index (κ3) is 8.97. The van der Waals surface area contributed by atoms with Gasteiger partial charge >= 0.3 is 6.09 Å². The Morgan fingerprint density at radius 1 is 1.03 bits per heavy atom. The van der Waals surface area contributed by atoms with Crippen molar-refractivity contribution in [2.24, 2.45) is 5.92 Å². The lowest BCUT2D eigenvalue weighted by molar-refractivity contribution is -0.111. The molecule has 5 N–H and O–H groups in total. The maximum absolute atomic E-state index is 12.8. The Labute approximate surface area is 223 Å². The fourth-order valence-corrected chi connectivity index (χ4v) is 3.84. The van der Waals surface area contributed by atoms with E-state index >= 15 is 0 Å². The summed E-state index contributed by atoms with van der Waals surface area (Å²) in [5, 5.41) is 14.6. The summed E-state index contributed by atoms with van der Waals surface area (Å²) in [6.45, 7) is 4.03. The smallest absolute Gasteiger partial charge is 0.412 e. The summed E-state index contributed by atoms with van der Waals surface area (Å²) in [6.07, 6.45) is 3.38. The largest absolute Gasteiger partial charge is 0.491 e. The van der Waals surface area contributed by atoms with E-state index in [0.717, 1.165) is 11.1 Å². The molecule has 0 fully saturated rings. The van der Waals surface area contributed by atoms with Gasteiger partial charge in [-0.05, 0) is 73.7 Å². The van der Waals surface area contributed by atoms with Gasteiger partial charge < -0.3 is 25.6 Å². The molecule has 0 aliphatic heterocycles. The zero-order valence-electron chi connectivity index (χ0n) is 21.7. The second-order valence-corrected chi connectivity index (χ2v) is 8.99. The molecule has 0 radical (unpaired) electrons. The molecule has 38 heavy (non-hydrogen) atoms. The molecule has 2 atom stereocenters. The zero-order valence-corrected chi connectivity index (χ0v) is 21.7. The van der Waals surface area contributed by atoms with E-state index in [1.807, 2.05) is 56.3 Å². The Morgan fingerprint density at radius 3 is 2.53 bits per heavy atom. The topological polar surface area (TPSA) is 123 Å². The molecule has 2 amide bonds. The van der Waals surface area contributed by atoms with Gasteiger partial charge in [0, 0.05) is 5.69 Å². The van der Waals surface area contributed by atoms with E-state index in [0.29, 0.717) is 35.7 Å². The third-order valence-corrected chi connectivity index (χ3v) is 5.87. The lowest BCUT2D eigenvalue weighted by Crippen LogP contribution is -2.22. The zero-order chi connectivity index (χ0) is 27.3. The number of hydrogen-bond donors (Lipinski definition) is 4. The van der Waals surface area contributed by atoms with E-state index in [4.69, 9.17) is 20.3 Å². The Hall–Kier alpha value is -4.30. The number of para-hydroxylation sites is 2. The highest BCUT2D eigenvalue weighted by atomic mass is 16.6. The first-order chi connectivity index (χ1) is 18.4. The number of nitrogens with two attached hydrogens (primary N) is 1. The Kier molecular flexibility index (Phi) is 10.7. The lowest BCUT2D eigenvalue weighted by atomic mass is 9.93. The van der Waals surface area contributed by atoms with Crippen molar-refractivity contribution in [3.8, 4) is 5.75 Å². The van der Waals surface area contributed by atoms with Crippen LogP contribution >= 0.6 is 0 Å². The standard InChI is InChI=1S/C30H35N3O5/c1-21-14-16-24(17-15-21)32-30(36)38-29(23-9-7-10-25(20-23)37-19-18-34)22(2)8-3-6-13-28(35)33-27-12-5-4-11-26(27)31/h4-7,9-17,20,22,29,34H,3,8,18-19,31H2,1-2H3,(H,32,36)(H,33,35)/b13-6+/t22-,29+/m0/s1. The first-order valence-corrected chi connectivity index (χ1v) is 12.6. The Morgan fingerprint density at radius 2 is 1.79 bits per heavy atom. The molecule has 3 aromatic rings. The van der Waals surface area contributed by atoms with E-state index in [2.05, 4.69) is 10.6 Å². The minimum atomic E-state index is -0.567. The van der Waals surface area contributed by atoms with Crippen molar-refractivity contribution in [2.45, 2.75) is 32.8 Å². The number of benzene rings is 3. The first kappa shape index (κ1) is 28.3. The maximum atomic E-state index is 12.8. The van der Waals surface area contributed by atoms with Gasteiger partial charge in [-0.3, -0.25) is 10.1 Å². The normalized spacial score (nSPS) is 12.5. The fourth-order valence-electron chi connectivity index (χ4n) is 3.84. The number of aliphatic hydroxyl groups is 1. The van der Waals surface area contributed by atoms with Gasteiger partial charge in [0.1, 0.15) is 18.5 Å². The van der Waals surface area contributed by atoms with Crippen LogP contribution in [0.15, 0.2) is 84.9 Å². The van der Waals surface area contributed by atoms with E-state index in [1.54, 1.807) is 36.4 Å². The van der Waals surface area contributed by atoms with Gasteiger partial charge in [0.2, 0.25) is 5.91 Å². The molecule has 0 aromatic heterocycles. The van der Waals surface area contributed by atoms with Gasteiger partial charge in [-0.25, -0.2) is 4.79 Å². The monoisotopic (exact) mass is 517 g/mol. The highest BCUT2D eigenvalue weighted by Gasteiger charge is 2.24. The first-order valence-electron chi connectivity index (χ1n) is 12.6. The number of anilines is 3. The van der Waals surface area contributed by atoms with Gasteiger partial charge in [0.05, 0.1) is 18.0 Å². The van der Waals surface area contributed by atoms with Gasteiger partial charge in [0.25, 0.3) is 0 Å². The average molecular weight is 518 g/mol. The SMILES string of the molecule is Cc1ccc(NC(=O)O[C@@H](c2cccc(OCCO)c2)[C@@H](C)CC/C=C/C(=O)Nc2ccccc2N)cc1. The quantitative estimate of drug-likeness (QED) is 0.177. The lowest BCUT2D eigenvalue weighted by Gasteiger charge is -2.25. The van der Waals surface area contributed by atoms with Gasteiger partial charge in [-0.2, -0.15) is 0 Å². The molecule has 0 bridgehead atoms. The molecule has 0 unspecified atom stereocenters. The number of carbonyl (C=O) groups is 2. The minimum Gasteiger partial charge on any atom is -0.491 e. The van der Waals surface area contributed by atoms with Crippen molar-refractivity contribution in [3.63, 3.8) is 0 Å². The Balaban J connectivity index is 1.65. The van der Waals surface area contributed by atoms with Crippen molar-refractivity contribution >= 4 is 29.1 Å². The second-order valence-electron chi connectivity index (χ2n) is 8.99. The molecule has 0 spiro atoms. The summed E-state index contributed by atoms with van der Waals surface area (Å²) >= 11 is 0. The third-order valence-electron chi connectivity index (χ3n) is 5.87. The molecule has 0 aliphatic carbocycles. The van der Waals surface area contributed by atoms with Crippen LogP contribution in [0.5, 0.6) is 5.75 Å². The van der Waals surface area contributed by atoms with Crippen molar-refractivity contribution in [2.75, 3.05) is 29.6 Å². The van der Waals surface area contributed by atoms with Crippen LogP contribution in [0.25, 0.3) is 0 Å². The number of aliphatic hydroxyl groups excluding tert-OH is 1. The van der Waals surface area contributed by atoms with Gasteiger partial charge in [-0.15, -0.1) is 0 Å². The summed E-state index contributed by atoms with van der Waals surface area (Å²) in [7, 11) is 0. The van der Waals surface area contributed by atoms with Crippen LogP contribution < -0.4 is 21.1 Å². The summed E-state index contributed by atoms with van der Waals surface area (Å²) in [4.78, 5) is 25.1. The van der Waals surface area contributed by atoms with Crippen LogP contribution in [0.2, 0.25) is 0 Å². The van der Waals surface area contributed by atoms with Crippen molar-refractivity contribution in [1.82, 2.24) is 0 Å². The highest BCUT2D eigenvalue weighted by molar-refractivity contribution is 6.01. The van der Waals surface area contributed by atoms with Crippen LogP contribution in [0.1, 0.15) is 37.0 Å². The number of allylic oxidation sites excluding steroid dienone is 1. The highest BCUT2D eigenvalue weighted by Crippen LogP contribution is 2.32. The fraction of sp³-hybridized carbons (Fsp3) is 0.267. The number of carbonyl (C=O) groups excluding carboxylic acids is 2. The minimum absolute atomic E-state index is 0.0793. The summed E-state index contributed by atoms with van der Waals surface area (Å²) < 4.78 is 11.4. The number of amides is 2. The molecule has 0 heterocycles. The molecule has 200 valence electrons. The molecule has 8 nitrogen and oxygen atoms in total. The predicted molar refractivity (Wildman–Crippen MR) is 150 cm³/mol. The number of nitrogens with one attached hydrogen (secondary N) is 2. The van der Waals surface area contributed by atoms with E-state index in [-0.39, 0.29) is 25.0 Å². The Bertz CT molecular complexity index is 1230. The molecule has 0 saturated heterocycles. The molecule has 0 saturated carbocycles. The van der Waals surface area contributed by atoms with E-state index in [1.165, 1.54) is 6.08 Å². The molecule has 0 aliphatic rings. The maximum Gasteiger partial charge on any atom is 0.412 e. The van der Waals surface area contributed by atoms with Crippen LogP contribution in [-0.2, 0) is 9.53 Å². The summed E-state index contributed by atoms with van der Waals surface area (Å²) in [5.41, 5.74) is 9.43. The van der Waals surface area contributed by atoms with Gasteiger partial charge in [-0.1, -0.05) is 55.0 Å². The predicted octanol–water partition coefficient (Wildman–Crippen LogP) is 5.85. The van der Waals surface area contributed by atoms with Gasteiger partial charge in [0.15, 0.2) is 0 Å². The van der Waals surface area contributed by atoms with Crippen molar-refractivity contribution in [1.29, 1.82) is 0 Å². The average Bonchev–Trinajstić information content (AvgIpc) is 2.91. The number of ether oxygens (including phenoxy) is 2. The van der Waals surface area contributed by atoms with Crippen LogP contribution in [0, 0.1) is 12.8 Å². The molecule has 8 heteroatoms. The second kappa shape index (κ2) is 14.4. The number of rotatable bonds is 12. The molecule has 3 rings (SSSR count). The molecular weight excluding hydrogens is 482 g/mol. The van der Waals surface area contributed by atoms with Crippen LogP contribution in [0.3, 0.4) is 0 Å². The number of aryl methyl sites for hydroxylation is 1. The number of hydrogen-bond acceptors (Lipinski definition) is 6. The van der Waals surface area contributed by atoms with E-state index < -0.39 is 12.2 Å². The molecule has 3 aromatic carbocycles.